The maximum Gasteiger partial charge on any atom is 0.420 e. The van der Waals surface area contributed by atoms with Gasteiger partial charge in [-0.05, 0) is 29.5 Å². The van der Waals surface area contributed by atoms with Crippen molar-refractivity contribution >= 4 is 34.0 Å². The van der Waals surface area contributed by atoms with Crippen molar-refractivity contribution in [1.82, 2.24) is 9.47 Å². The Morgan fingerprint density at radius 2 is 2.20 bits per heavy atom. The van der Waals surface area contributed by atoms with Crippen molar-refractivity contribution < 1.29 is 14.1 Å². The highest BCUT2D eigenvalue weighted by Crippen LogP contribution is 2.24. The molecule has 0 atom stereocenters. The van der Waals surface area contributed by atoms with Gasteiger partial charge in [0, 0.05) is 24.0 Å². The number of fused-ring (bicyclic) bond motifs is 2. The largest absolute Gasteiger partial charge is 0.420 e. The number of hydrogen-bond donors (Lipinski definition) is 0. The molecule has 0 radical (unpaired) electrons. The van der Waals surface area contributed by atoms with Crippen molar-refractivity contribution in [2.75, 3.05) is 6.54 Å². The van der Waals surface area contributed by atoms with Crippen LogP contribution in [0.3, 0.4) is 0 Å². The van der Waals surface area contributed by atoms with Gasteiger partial charge in [-0.2, -0.15) is 0 Å². The van der Waals surface area contributed by atoms with Crippen LogP contribution in [0.25, 0.3) is 11.1 Å². The van der Waals surface area contributed by atoms with E-state index >= 15 is 0 Å². The van der Waals surface area contributed by atoms with Crippen molar-refractivity contribution in [2.45, 2.75) is 19.5 Å². The molecule has 0 N–H and O–H groups in total. The zero-order valence-electron chi connectivity index (χ0n) is 13.0. The van der Waals surface area contributed by atoms with Gasteiger partial charge in [0.25, 0.3) is 5.69 Å². The van der Waals surface area contributed by atoms with Crippen LogP contribution < -0.4 is 5.76 Å². The highest BCUT2D eigenvalue weighted by Gasteiger charge is 2.23. The summed E-state index contributed by atoms with van der Waals surface area (Å²) in [6.07, 6.45) is 0.811. The van der Waals surface area contributed by atoms with E-state index in [4.69, 9.17) is 4.42 Å². The maximum atomic E-state index is 12.6. The second-order valence-electron chi connectivity index (χ2n) is 5.80. The fourth-order valence-corrected chi connectivity index (χ4v) is 3.90. The summed E-state index contributed by atoms with van der Waals surface area (Å²) < 4.78 is 6.27. The van der Waals surface area contributed by atoms with Crippen molar-refractivity contribution in [3.63, 3.8) is 0 Å². The van der Waals surface area contributed by atoms with E-state index in [0.717, 1.165) is 12.0 Å². The monoisotopic (exact) mass is 359 g/mol. The Kier molecular flexibility index (Phi) is 3.65. The SMILES string of the molecule is O=C(Cn1c(=O)oc2cc([N+](=O)[O-])ccc21)N1CCc2sccc2C1. The van der Waals surface area contributed by atoms with Crippen LogP contribution in [0.5, 0.6) is 0 Å². The Bertz CT molecular complexity index is 1050. The van der Waals surface area contributed by atoms with Crippen LogP contribution in [0.15, 0.2) is 38.9 Å². The topological polar surface area (TPSA) is 98.6 Å². The first kappa shape index (κ1) is 15.6. The fraction of sp³-hybridized carbons (Fsp3) is 0.250. The minimum absolute atomic E-state index is 0.103. The van der Waals surface area contributed by atoms with Gasteiger partial charge in [0.15, 0.2) is 5.58 Å². The maximum absolute atomic E-state index is 12.6. The van der Waals surface area contributed by atoms with Crippen molar-refractivity contribution in [1.29, 1.82) is 0 Å². The minimum atomic E-state index is -0.697. The molecular formula is C16H13N3O5S. The Hall–Kier alpha value is -2.94. The first-order valence-corrected chi connectivity index (χ1v) is 8.51. The number of non-ortho nitro benzene ring substituents is 1. The molecule has 1 amide bonds. The van der Waals surface area contributed by atoms with Gasteiger partial charge in [0.1, 0.15) is 6.54 Å². The summed E-state index contributed by atoms with van der Waals surface area (Å²) in [7, 11) is 0. The Morgan fingerprint density at radius 3 is 3.00 bits per heavy atom. The molecule has 3 aromatic rings. The van der Waals surface area contributed by atoms with Crippen LogP contribution in [0, 0.1) is 10.1 Å². The Balaban J connectivity index is 1.60. The minimum Gasteiger partial charge on any atom is -0.407 e. The smallest absolute Gasteiger partial charge is 0.407 e. The third-order valence-corrected chi connectivity index (χ3v) is 5.34. The van der Waals surface area contributed by atoms with E-state index in [1.807, 2.05) is 11.4 Å². The third kappa shape index (κ3) is 2.72. The third-order valence-electron chi connectivity index (χ3n) is 4.32. The van der Waals surface area contributed by atoms with Gasteiger partial charge in [-0.15, -0.1) is 11.3 Å². The molecule has 3 heterocycles. The average molecular weight is 359 g/mol. The number of thiophene rings is 1. The summed E-state index contributed by atoms with van der Waals surface area (Å²) in [6.45, 7) is 0.999. The van der Waals surface area contributed by atoms with E-state index in [1.165, 1.54) is 27.6 Å². The number of carbonyl (C=O) groups is 1. The highest BCUT2D eigenvalue weighted by molar-refractivity contribution is 7.10. The average Bonchev–Trinajstić information content (AvgIpc) is 3.18. The first-order valence-electron chi connectivity index (χ1n) is 7.64. The number of carbonyl (C=O) groups excluding carboxylic acids is 1. The molecule has 0 aliphatic carbocycles. The van der Waals surface area contributed by atoms with E-state index in [-0.39, 0.29) is 23.7 Å². The van der Waals surface area contributed by atoms with E-state index in [2.05, 4.69) is 0 Å². The standard InChI is InChI=1S/C16H13N3O5S/c20-15(17-5-3-14-10(8-17)4-6-25-14)9-18-12-2-1-11(19(22)23)7-13(12)24-16(18)21/h1-2,4,6-7H,3,5,8-9H2. The summed E-state index contributed by atoms with van der Waals surface area (Å²) in [5.74, 6) is -0.878. The van der Waals surface area contributed by atoms with Gasteiger partial charge in [-0.1, -0.05) is 0 Å². The lowest BCUT2D eigenvalue weighted by molar-refractivity contribution is -0.384. The van der Waals surface area contributed by atoms with Crippen molar-refractivity contribution in [3.8, 4) is 0 Å². The molecule has 9 heteroatoms. The van der Waals surface area contributed by atoms with Crippen molar-refractivity contribution in [2.24, 2.45) is 0 Å². The second kappa shape index (κ2) is 5.85. The number of amides is 1. The van der Waals surface area contributed by atoms with Gasteiger partial charge in [-0.25, -0.2) is 4.79 Å². The summed E-state index contributed by atoms with van der Waals surface area (Å²) in [5.41, 5.74) is 1.45. The predicted molar refractivity (Wildman–Crippen MR) is 90.6 cm³/mol. The normalized spacial score (nSPS) is 13.8. The number of nitro groups is 1. The van der Waals surface area contributed by atoms with Crippen LogP contribution in [0.4, 0.5) is 5.69 Å². The summed E-state index contributed by atoms with van der Waals surface area (Å²) in [6, 6.07) is 5.92. The fourth-order valence-electron chi connectivity index (χ4n) is 3.01. The summed E-state index contributed by atoms with van der Waals surface area (Å²) in [4.78, 5) is 37.9. The van der Waals surface area contributed by atoms with Crippen molar-refractivity contribution in [3.05, 3.63) is 60.8 Å². The number of aromatic nitrogens is 1. The first-order chi connectivity index (χ1) is 12.0. The number of nitrogens with zero attached hydrogens (tertiary/aromatic N) is 3. The number of hydrogen-bond acceptors (Lipinski definition) is 6. The molecule has 0 saturated heterocycles. The van der Waals surface area contributed by atoms with Crippen LogP contribution in [0.1, 0.15) is 10.4 Å². The molecule has 8 nitrogen and oxygen atoms in total. The van der Waals surface area contributed by atoms with E-state index in [0.29, 0.717) is 18.6 Å². The molecule has 1 aliphatic heterocycles. The molecule has 0 spiro atoms. The quantitative estimate of drug-likeness (QED) is 0.527. The molecule has 0 unspecified atom stereocenters. The van der Waals surface area contributed by atoms with Gasteiger partial charge in [-0.3, -0.25) is 19.5 Å². The van der Waals surface area contributed by atoms with Gasteiger partial charge in [0.2, 0.25) is 5.91 Å². The Labute approximate surface area is 145 Å². The summed E-state index contributed by atoms with van der Waals surface area (Å²) >= 11 is 1.69. The van der Waals surface area contributed by atoms with E-state index in [9.17, 15) is 19.7 Å². The number of oxazole rings is 1. The van der Waals surface area contributed by atoms with Gasteiger partial charge < -0.3 is 9.32 Å². The van der Waals surface area contributed by atoms with Gasteiger partial charge in [0.05, 0.1) is 16.5 Å². The summed E-state index contributed by atoms with van der Waals surface area (Å²) in [5, 5.41) is 12.8. The van der Waals surface area contributed by atoms with Crippen LogP contribution >= 0.6 is 11.3 Å². The predicted octanol–water partition coefficient (Wildman–Crippen LogP) is 2.15. The number of benzene rings is 1. The molecule has 128 valence electrons. The molecule has 4 rings (SSSR count). The number of rotatable bonds is 3. The zero-order valence-corrected chi connectivity index (χ0v) is 13.8. The van der Waals surface area contributed by atoms with Gasteiger partial charge >= 0.3 is 5.76 Å². The van der Waals surface area contributed by atoms with Crippen LogP contribution in [0.2, 0.25) is 0 Å². The molecule has 2 aromatic heterocycles. The number of nitro benzene ring substituents is 1. The van der Waals surface area contributed by atoms with Crippen LogP contribution in [-0.4, -0.2) is 26.8 Å². The molecule has 1 aromatic carbocycles. The second-order valence-corrected chi connectivity index (χ2v) is 6.80. The van der Waals surface area contributed by atoms with E-state index in [1.54, 1.807) is 16.2 Å². The lowest BCUT2D eigenvalue weighted by Gasteiger charge is -2.27. The lowest BCUT2D eigenvalue weighted by Crippen LogP contribution is -2.38. The Morgan fingerprint density at radius 1 is 1.36 bits per heavy atom. The molecule has 0 fully saturated rings. The molecule has 0 bridgehead atoms. The molecule has 1 aliphatic rings. The lowest BCUT2D eigenvalue weighted by atomic mass is 10.1. The highest BCUT2D eigenvalue weighted by atomic mass is 32.1. The molecular weight excluding hydrogens is 346 g/mol. The zero-order chi connectivity index (χ0) is 17.6. The van der Waals surface area contributed by atoms with Crippen LogP contribution in [-0.2, 0) is 24.3 Å². The molecule has 0 saturated carbocycles. The molecule has 25 heavy (non-hydrogen) atoms. The van der Waals surface area contributed by atoms with E-state index < -0.39 is 10.7 Å².